The zero-order valence-corrected chi connectivity index (χ0v) is 10.4. The minimum absolute atomic E-state index is 0.0214. The number of rotatable bonds is 2. The van der Waals surface area contributed by atoms with Crippen LogP contribution in [0.5, 0.6) is 0 Å². The third kappa shape index (κ3) is 3.40. The van der Waals surface area contributed by atoms with Crippen LogP contribution in [-0.4, -0.2) is 6.04 Å². The van der Waals surface area contributed by atoms with Gasteiger partial charge in [0.15, 0.2) is 0 Å². The lowest BCUT2D eigenvalue weighted by Crippen LogP contribution is -2.26. The number of halogens is 3. The van der Waals surface area contributed by atoms with Crippen molar-refractivity contribution < 1.29 is 13.2 Å². The fourth-order valence-corrected chi connectivity index (χ4v) is 2.44. The third-order valence-corrected chi connectivity index (χ3v) is 3.50. The first-order valence-electron chi connectivity index (χ1n) is 6.33. The molecule has 0 heterocycles. The van der Waals surface area contributed by atoms with Gasteiger partial charge in [-0.15, -0.1) is 0 Å². The Morgan fingerprint density at radius 3 is 2.32 bits per heavy atom. The van der Waals surface area contributed by atoms with Gasteiger partial charge in [0.2, 0.25) is 0 Å². The molecule has 0 atom stereocenters. The molecule has 1 aromatic carbocycles. The Morgan fingerprint density at radius 2 is 1.74 bits per heavy atom. The maximum Gasteiger partial charge on any atom is 0.418 e. The molecule has 0 radical (unpaired) electrons. The minimum atomic E-state index is -4.34. The Balaban J connectivity index is 2.07. The molecule has 19 heavy (non-hydrogen) atoms. The third-order valence-electron chi connectivity index (χ3n) is 3.50. The van der Waals surface area contributed by atoms with Crippen LogP contribution in [-0.2, 0) is 6.18 Å². The highest BCUT2D eigenvalue weighted by molar-refractivity contribution is 5.53. The summed E-state index contributed by atoms with van der Waals surface area (Å²) in [6.45, 7) is 0. The summed E-state index contributed by atoms with van der Waals surface area (Å²) in [6.07, 6.45) is -1.35. The summed E-state index contributed by atoms with van der Waals surface area (Å²) in [4.78, 5) is 0. The van der Waals surface area contributed by atoms with E-state index in [1.807, 2.05) is 0 Å². The minimum Gasteiger partial charge on any atom is -0.382 e. The van der Waals surface area contributed by atoms with Gasteiger partial charge in [-0.1, -0.05) is 12.1 Å². The predicted molar refractivity (Wildman–Crippen MR) is 66.4 cm³/mol. The summed E-state index contributed by atoms with van der Waals surface area (Å²) in [5, 5.41) is 11.8. The SMILES string of the molecule is N#CC1CCC(Nc2ccccc2C(F)(F)F)CC1. The van der Waals surface area contributed by atoms with Crippen molar-refractivity contribution in [2.75, 3.05) is 5.32 Å². The first-order valence-corrected chi connectivity index (χ1v) is 6.33. The zero-order chi connectivity index (χ0) is 13.9. The summed E-state index contributed by atoms with van der Waals surface area (Å²) in [7, 11) is 0. The Hall–Kier alpha value is -1.70. The number of benzene rings is 1. The van der Waals surface area contributed by atoms with Crippen LogP contribution in [0.15, 0.2) is 24.3 Å². The van der Waals surface area contributed by atoms with Gasteiger partial charge in [-0.05, 0) is 37.8 Å². The van der Waals surface area contributed by atoms with Crippen LogP contribution >= 0.6 is 0 Å². The zero-order valence-electron chi connectivity index (χ0n) is 10.4. The smallest absolute Gasteiger partial charge is 0.382 e. The van der Waals surface area contributed by atoms with Gasteiger partial charge in [0.05, 0.1) is 11.6 Å². The molecule has 5 heteroatoms. The molecule has 0 saturated heterocycles. The molecule has 0 unspecified atom stereocenters. The van der Waals surface area contributed by atoms with Gasteiger partial charge in [0.25, 0.3) is 0 Å². The molecule has 2 rings (SSSR count). The van der Waals surface area contributed by atoms with Gasteiger partial charge in [-0.25, -0.2) is 0 Å². The maximum atomic E-state index is 12.8. The van der Waals surface area contributed by atoms with E-state index in [-0.39, 0.29) is 17.6 Å². The molecular formula is C14H15F3N2. The Kier molecular flexibility index (Phi) is 3.98. The predicted octanol–water partition coefficient (Wildman–Crippen LogP) is 4.20. The fraction of sp³-hybridized carbons (Fsp3) is 0.500. The molecule has 0 amide bonds. The van der Waals surface area contributed by atoms with Crippen molar-refractivity contribution in [1.82, 2.24) is 0 Å². The molecule has 1 fully saturated rings. The molecule has 102 valence electrons. The summed E-state index contributed by atoms with van der Waals surface area (Å²) in [6, 6.07) is 7.77. The molecular weight excluding hydrogens is 253 g/mol. The van der Waals surface area contributed by atoms with Gasteiger partial charge in [-0.3, -0.25) is 0 Å². The van der Waals surface area contributed by atoms with Gasteiger partial charge in [0, 0.05) is 17.6 Å². The van der Waals surface area contributed by atoms with Gasteiger partial charge >= 0.3 is 6.18 Å². The van der Waals surface area contributed by atoms with Gasteiger partial charge < -0.3 is 5.32 Å². The van der Waals surface area contributed by atoms with Crippen molar-refractivity contribution >= 4 is 5.69 Å². The summed E-state index contributed by atoms with van der Waals surface area (Å²) < 4.78 is 38.5. The summed E-state index contributed by atoms with van der Waals surface area (Å²) in [5.41, 5.74) is -0.493. The molecule has 1 aliphatic rings. The second kappa shape index (κ2) is 5.52. The topological polar surface area (TPSA) is 35.8 Å². The largest absolute Gasteiger partial charge is 0.418 e. The van der Waals surface area contributed by atoms with Crippen LogP contribution in [0.2, 0.25) is 0 Å². The van der Waals surface area contributed by atoms with Crippen LogP contribution < -0.4 is 5.32 Å². The maximum absolute atomic E-state index is 12.8. The summed E-state index contributed by atoms with van der Waals surface area (Å²) in [5.74, 6) is 0.0518. The van der Waals surface area contributed by atoms with Crippen LogP contribution in [0.1, 0.15) is 31.2 Å². The number of nitriles is 1. The van der Waals surface area contributed by atoms with Crippen LogP contribution in [0.4, 0.5) is 18.9 Å². The quantitative estimate of drug-likeness (QED) is 0.872. The Labute approximate surface area is 110 Å². The van der Waals surface area contributed by atoms with Crippen molar-refractivity contribution in [2.24, 2.45) is 5.92 Å². The first-order chi connectivity index (χ1) is 9.00. The lowest BCUT2D eigenvalue weighted by atomic mass is 9.87. The molecule has 0 bridgehead atoms. The van der Waals surface area contributed by atoms with Gasteiger partial charge in [0.1, 0.15) is 0 Å². The van der Waals surface area contributed by atoms with Crippen molar-refractivity contribution in [3.63, 3.8) is 0 Å². The van der Waals surface area contributed by atoms with E-state index in [1.54, 1.807) is 6.07 Å². The normalized spacial score (nSPS) is 23.7. The molecule has 1 aliphatic carbocycles. The monoisotopic (exact) mass is 268 g/mol. The molecule has 1 N–H and O–H groups in total. The van der Waals surface area contributed by atoms with E-state index in [1.165, 1.54) is 12.1 Å². The lowest BCUT2D eigenvalue weighted by molar-refractivity contribution is -0.137. The van der Waals surface area contributed by atoms with E-state index in [0.717, 1.165) is 31.7 Å². The van der Waals surface area contributed by atoms with E-state index in [9.17, 15) is 13.2 Å². The van der Waals surface area contributed by atoms with Gasteiger partial charge in [-0.2, -0.15) is 18.4 Å². The van der Waals surface area contributed by atoms with E-state index in [4.69, 9.17) is 5.26 Å². The number of hydrogen-bond donors (Lipinski definition) is 1. The Morgan fingerprint density at radius 1 is 1.11 bits per heavy atom. The van der Waals surface area contributed by atoms with E-state index >= 15 is 0 Å². The van der Waals surface area contributed by atoms with Crippen molar-refractivity contribution in [1.29, 1.82) is 5.26 Å². The highest BCUT2D eigenvalue weighted by atomic mass is 19.4. The highest BCUT2D eigenvalue weighted by Gasteiger charge is 2.33. The number of alkyl halides is 3. The number of nitrogens with zero attached hydrogens (tertiary/aromatic N) is 1. The van der Waals surface area contributed by atoms with Crippen LogP contribution in [0.25, 0.3) is 0 Å². The molecule has 0 spiro atoms. The van der Waals surface area contributed by atoms with Crippen molar-refractivity contribution in [3.05, 3.63) is 29.8 Å². The average molecular weight is 268 g/mol. The van der Waals surface area contributed by atoms with E-state index in [0.29, 0.717) is 0 Å². The molecule has 0 aromatic heterocycles. The number of hydrogen-bond acceptors (Lipinski definition) is 2. The average Bonchev–Trinajstić information content (AvgIpc) is 2.39. The number of para-hydroxylation sites is 1. The van der Waals surface area contributed by atoms with E-state index < -0.39 is 11.7 Å². The summed E-state index contributed by atoms with van der Waals surface area (Å²) >= 11 is 0. The van der Waals surface area contributed by atoms with Crippen LogP contribution in [0.3, 0.4) is 0 Å². The molecule has 2 nitrogen and oxygen atoms in total. The second-order valence-electron chi connectivity index (χ2n) is 4.87. The number of nitrogens with one attached hydrogen (secondary N) is 1. The van der Waals surface area contributed by atoms with Crippen molar-refractivity contribution in [3.8, 4) is 6.07 Å². The van der Waals surface area contributed by atoms with Crippen molar-refractivity contribution in [2.45, 2.75) is 37.9 Å². The fourth-order valence-electron chi connectivity index (χ4n) is 2.44. The second-order valence-corrected chi connectivity index (χ2v) is 4.87. The lowest BCUT2D eigenvalue weighted by Gasteiger charge is -2.27. The molecule has 1 saturated carbocycles. The standard InChI is InChI=1S/C14H15F3N2/c15-14(16,17)12-3-1-2-4-13(12)19-11-7-5-10(9-18)6-8-11/h1-4,10-11,19H,5-8H2. The Bertz CT molecular complexity index is 468. The van der Waals surface area contributed by atoms with Crippen LogP contribution in [0, 0.1) is 17.2 Å². The molecule has 1 aromatic rings. The number of anilines is 1. The molecule has 0 aliphatic heterocycles. The highest BCUT2D eigenvalue weighted by Crippen LogP contribution is 2.36. The van der Waals surface area contributed by atoms with E-state index in [2.05, 4.69) is 11.4 Å². The first kappa shape index (κ1) is 13.7.